The van der Waals surface area contributed by atoms with Gasteiger partial charge in [0.05, 0.1) is 10.8 Å². The third kappa shape index (κ3) is 5.52. The molecular formula is C25H27F3N4O3S. The van der Waals surface area contributed by atoms with Gasteiger partial charge in [0.25, 0.3) is 0 Å². The van der Waals surface area contributed by atoms with Crippen LogP contribution in [0.4, 0.5) is 24.8 Å². The molecule has 0 aliphatic heterocycles. The zero-order chi connectivity index (χ0) is 26.3. The highest BCUT2D eigenvalue weighted by Crippen LogP contribution is 2.45. The SMILES string of the molecule is Cc1cc(Nc2nccc(C(F)(F)F)n2)cc(-c2cnc(C(C)(O)C3CCC(C(=O)O)C(C)C3)s2)c1. The van der Waals surface area contributed by atoms with E-state index in [9.17, 15) is 28.2 Å². The number of benzene rings is 1. The van der Waals surface area contributed by atoms with Crippen molar-refractivity contribution in [2.45, 2.75) is 51.8 Å². The molecule has 2 aromatic heterocycles. The van der Waals surface area contributed by atoms with Crippen LogP contribution in [0.5, 0.6) is 0 Å². The molecule has 3 aromatic rings. The molecule has 2 heterocycles. The molecule has 192 valence electrons. The Kier molecular flexibility index (Phi) is 7.07. The molecule has 0 saturated heterocycles. The molecule has 3 N–H and O–H groups in total. The fourth-order valence-corrected chi connectivity index (χ4v) is 5.82. The maximum Gasteiger partial charge on any atom is 0.433 e. The molecular weight excluding hydrogens is 493 g/mol. The lowest BCUT2D eigenvalue weighted by Gasteiger charge is -2.39. The number of anilines is 2. The van der Waals surface area contributed by atoms with Crippen LogP contribution < -0.4 is 5.32 Å². The molecule has 0 bridgehead atoms. The van der Waals surface area contributed by atoms with Crippen molar-refractivity contribution in [1.82, 2.24) is 15.0 Å². The van der Waals surface area contributed by atoms with E-state index in [4.69, 9.17) is 0 Å². The molecule has 1 fully saturated rings. The quantitative estimate of drug-likeness (QED) is 0.365. The van der Waals surface area contributed by atoms with Gasteiger partial charge in [0.2, 0.25) is 5.95 Å². The van der Waals surface area contributed by atoms with Crippen molar-refractivity contribution in [1.29, 1.82) is 0 Å². The van der Waals surface area contributed by atoms with Gasteiger partial charge in [0.15, 0.2) is 0 Å². The van der Waals surface area contributed by atoms with Crippen molar-refractivity contribution in [3.63, 3.8) is 0 Å². The van der Waals surface area contributed by atoms with Gasteiger partial charge in [-0.15, -0.1) is 11.3 Å². The number of aliphatic hydroxyl groups is 1. The minimum Gasteiger partial charge on any atom is -0.481 e. The number of rotatable bonds is 6. The molecule has 1 aliphatic rings. The first-order valence-electron chi connectivity index (χ1n) is 11.6. The van der Waals surface area contributed by atoms with Gasteiger partial charge in [0.1, 0.15) is 16.3 Å². The number of carboxylic acids is 1. The first kappa shape index (κ1) is 26.0. The molecule has 0 spiro atoms. The standard InChI is InChI=1S/C25H27F3N4O3S/c1-13-8-15(11-17(9-13)31-23-29-7-6-20(32-23)25(26,27)28)19-12-30-22(36-19)24(3,35)16-4-5-18(21(33)34)14(2)10-16/h6-9,11-12,14,16,18,35H,4-5,10H2,1-3H3,(H,33,34)(H,29,31,32). The second kappa shape index (κ2) is 9.78. The maximum atomic E-state index is 13.0. The molecule has 7 nitrogen and oxygen atoms in total. The molecule has 0 radical (unpaired) electrons. The summed E-state index contributed by atoms with van der Waals surface area (Å²) in [5.41, 5.74) is -0.0745. The van der Waals surface area contributed by atoms with Crippen LogP contribution in [-0.4, -0.2) is 31.1 Å². The van der Waals surface area contributed by atoms with Gasteiger partial charge in [-0.25, -0.2) is 15.0 Å². The van der Waals surface area contributed by atoms with E-state index in [2.05, 4.69) is 20.3 Å². The Morgan fingerprint density at radius 1 is 1.19 bits per heavy atom. The monoisotopic (exact) mass is 520 g/mol. The van der Waals surface area contributed by atoms with Gasteiger partial charge in [-0.1, -0.05) is 13.0 Å². The van der Waals surface area contributed by atoms with E-state index >= 15 is 0 Å². The third-order valence-electron chi connectivity index (χ3n) is 6.78. The first-order chi connectivity index (χ1) is 16.8. The molecule has 4 atom stereocenters. The minimum atomic E-state index is -4.57. The van der Waals surface area contributed by atoms with Crippen molar-refractivity contribution in [3.8, 4) is 10.4 Å². The summed E-state index contributed by atoms with van der Waals surface area (Å²) >= 11 is 1.34. The molecule has 4 rings (SSSR count). The number of nitrogens with one attached hydrogen (secondary N) is 1. The molecule has 36 heavy (non-hydrogen) atoms. The van der Waals surface area contributed by atoms with Crippen LogP contribution in [0.3, 0.4) is 0 Å². The average molecular weight is 521 g/mol. The van der Waals surface area contributed by atoms with Crippen LogP contribution in [-0.2, 0) is 16.6 Å². The van der Waals surface area contributed by atoms with E-state index in [-0.39, 0.29) is 17.8 Å². The molecule has 0 amide bonds. The van der Waals surface area contributed by atoms with Gasteiger partial charge in [0, 0.05) is 18.1 Å². The normalized spacial score (nSPS) is 22.1. The van der Waals surface area contributed by atoms with E-state index in [1.165, 1.54) is 11.3 Å². The Bertz CT molecular complexity index is 1260. The predicted octanol–water partition coefficient (Wildman–Crippen LogP) is 6.02. The second-order valence-corrected chi connectivity index (χ2v) is 10.6. The Balaban J connectivity index is 1.55. The van der Waals surface area contributed by atoms with Crippen LogP contribution in [0.25, 0.3) is 10.4 Å². The summed E-state index contributed by atoms with van der Waals surface area (Å²) in [5, 5.41) is 24.2. The van der Waals surface area contributed by atoms with Gasteiger partial charge in [-0.05, 0) is 74.3 Å². The van der Waals surface area contributed by atoms with Gasteiger partial charge >= 0.3 is 12.1 Å². The lowest BCUT2D eigenvalue weighted by atomic mass is 9.69. The van der Waals surface area contributed by atoms with Crippen LogP contribution in [0.1, 0.15) is 49.4 Å². The van der Waals surface area contributed by atoms with Gasteiger partial charge in [-0.3, -0.25) is 4.79 Å². The number of aryl methyl sites for hydroxylation is 1. The molecule has 1 saturated carbocycles. The number of halogens is 3. The number of carboxylic acid groups (broad SMARTS) is 1. The number of hydrogen-bond acceptors (Lipinski definition) is 7. The van der Waals surface area contributed by atoms with Gasteiger partial charge < -0.3 is 15.5 Å². The summed E-state index contributed by atoms with van der Waals surface area (Å²) in [6, 6.07) is 6.27. The Hall–Kier alpha value is -3.05. The summed E-state index contributed by atoms with van der Waals surface area (Å²) in [5.74, 6) is -1.52. The van der Waals surface area contributed by atoms with Crippen LogP contribution in [0, 0.1) is 24.7 Å². The number of aliphatic carboxylic acids is 1. The van der Waals surface area contributed by atoms with Crippen molar-refractivity contribution in [2.75, 3.05) is 5.32 Å². The first-order valence-corrected chi connectivity index (χ1v) is 12.4. The van der Waals surface area contributed by atoms with Crippen molar-refractivity contribution in [3.05, 3.63) is 52.9 Å². The van der Waals surface area contributed by atoms with Crippen LogP contribution in [0.2, 0.25) is 0 Å². The van der Waals surface area contributed by atoms with Crippen LogP contribution >= 0.6 is 11.3 Å². The summed E-state index contributed by atoms with van der Waals surface area (Å²) in [7, 11) is 0. The zero-order valence-electron chi connectivity index (χ0n) is 20.0. The minimum absolute atomic E-state index is 0.0457. The van der Waals surface area contributed by atoms with Crippen molar-refractivity contribution >= 4 is 28.9 Å². The summed E-state index contributed by atoms with van der Waals surface area (Å²) in [6.07, 6.45) is -0.151. The van der Waals surface area contributed by atoms with Crippen molar-refractivity contribution in [2.24, 2.45) is 17.8 Å². The predicted molar refractivity (Wildman–Crippen MR) is 130 cm³/mol. The highest BCUT2D eigenvalue weighted by Gasteiger charge is 2.42. The zero-order valence-corrected chi connectivity index (χ0v) is 20.8. The Morgan fingerprint density at radius 3 is 2.61 bits per heavy atom. The van der Waals surface area contributed by atoms with Crippen LogP contribution in [0.15, 0.2) is 36.7 Å². The molecule has 4 unspecified atom stereocenters. The van der Waals surface area contributed by atoms with E-state index in [1.54, 1.807) is 25.3 Å². The second-order valence-electron chi connectivity index (χ2n) is 9.59. The summed E-state index contributed by atoms with van der Waals surface area (Å²) in [4.78, 5) is 24.2. The fraction of sp³-hybridized carbons (Fsp3) is 0.440. The molecule has 1 aliphatic carbocycles. The number of thiazole rings is 1. The number of hydrogen-bond donors (Lipinski definition) is 3. The largest absolute Gasteiger partial charge is 0.481 e. The number of alkyl halides is 3. The Labute approximate surface area is 210 Å². The fourth-order valence-electron chi connectivity index (χ4n) is 4.79. The lowest BCUT2D eigenvalue weighted by molar-refractivity contribution is -0.146. The number of aromatic nitrogens is 3. The van der Waals surface area contributed by atoms with Crippen molar-refractivity contribution < 1.29 is 28.2 Å². The highest BCUT2D eigenvalue weighted by atomic mass is 32.1. The average Bonchev–Trinajstić information content (AvgIpc) is 3.29. The summed E-state index contributed by atoms with van der Waals surface area (Å²) < 4.78 is 39.0. The molecule has 11 heteroatoms. The van der Waals surface area contributed by atoms with E-state index < -0.39 is 29.4 Å². The molecule has 1 aromatic carbocycles. The number of nitrogens with zero attached hydrogens (tertiary/aromatic N) is 3. The smallest absolute Gasteiger partial charge is 0.433 e. The van der Waals surface area contributed by atoms with E-state index in [0.717, 1.165) is 28.3 Å². The maximum absolute atomic E-state index is 13.0. The van der Waals surface area contributed by atoms with Gasteiger partial charge in [-0.2, -0.15) is 13.2 Å². The summed E-state index contributed by atoms with van der Waals surface area (Å²) in [6.45, 7) is 5.49. The Morgan fingerprint density at radius 2 is 1.94 bits per heavy atom. The highest BCUT2D eigenvalue weighted by molar-refractivity contribution is 7.15. The van der Waals surface area contributed by atoms with E-state index in [1.807, 2.05) is 19.9 Å². The lowest BCUT2D eigenvalue weighted by Crippen LogP contribution is -2.39. The third-order valence-corrected chi connectivity index (χ3v) is 8.06. The van der Waals surface area contributed by atoms with E-state index in [0.29, 0.717) is 30.0 Å². The topological polar surface area (TPSA) is 108 Å². The number of carbonyl (C=O) groups is 1.